The van der Waals surface area contributed by atoms with Gasteiger partial charge in [0.2, 0.25) is 5.91 Å². The van der Waals surface area contributed by atoms with Gasteiger partial charge in [-0.15, -0.1) is 11.8 Å². The quantitative estimate of drug-likeness (QED) is 0.350. The van der Waals surface area contributed by atoms with Crippen molar-refractivity contribution < 1.29 is 14.3 Å². The van der Waals surface area contributed by atoms with E-state index in [9.17, 15) is 14.4 Å². The summed E-state index contributed by atoms with van der Waals surface area (Å²) in [4.78, 5) is 39.1. The highest BCUT2D eigenvalue weighted by atomic mass is 32.2. The van der Waals surface area contributed by atoms with Crippen molar-refractivity contribution in [3.8, 4) is 5.75 Å². The Kier molecular flexibility index (Phi) is 4.85. The van der Waals surface area contributed by atoms with Crippen LogP contribution in [0.25, 0.3) is 10.8 Å². The van der Waals surface area contributed by atoms with E-state index in [1.807, 2.05) is 60.7 Å². The molecule has 0 bridgehead atoms. The van der Waals surface area contributed by atoms with Crippen molar-refractivity contribution in [3.05, 3.63) is 86.8 Å². The summed E-state index contributed by atoms with van der Waals surface area (Å²) in [5.74, 6) is -0.0422. The van der Waals surface area contributed by atoms with Crippen LogP contribution in [0, 0.1) is 5.92 Å². The molecule has 2 atom stereocenters. The van der Waals surface area contributed by atoms with Gasteiger partial charge in [0.05, 0.1) is 10.9 Å². The van der Waals surface area contributed by atoms with E-state index in [0.717, 1.165) is 37.6 Å². The number of thioether (sulfide) groups is 1. The molecule has 0 aliphatic carbocycles. The maximum atomic E-state index is 12.9. The minimum atomic E-state index is -0.339. The first-order chi connectivity index (χ1) is 16.1. The van der Waals surface area contributed by atoms with Gasteiger partial charge in [0.25, 0.3) is 0 Å². The lowest BCUT2D eigenvalue weighted by molar-refractivity contribution is -0.140. The number of anilines is 1. The lowest BCUT2D eigenvalue weighted by Gasteiger charge is -2.34. The highest BCUT2D eigenvalue weighted by molar-refractivity contribution is 7.99. The number of esters is 1. The summed E-state index contributed by atoms with van der Waals surface area (Å²) >= 11 is 2.56. The van der Waals surface area contributed by atoms with Crippen molar-refractivity contribution in [1.29, 1.82) is 0 Å². The fraction of sp³-hybridized carbons (Fsp3) is 0.160. The number of para-hydroxylation sites is 1. The predicted octanol–water partition coefficient (Wildman–Crippen LogP) is 4.47. The first-order valence-electron chi connectivity index (χ1n) is 10.5. The smallest absolute Gasteiger partial charge is 0.316 e. The van der Waals surface area contributed by atoms with Crippen molar-refractivity contribution in [3.63, 3.8) is 0 Å². The van der Waals surface area contributed by atoms with Crippen LogP contribution >= 0.6 is 23.1 Å². The van der Waals surface area contributed by atoms with Crippen LogP contribution < -0.4 is 14.9 Å². The second-order valence-corrected chi connectivity index (χ2v) is 10.1. The molecule has 2 aliphatic rings. The van der Waals surface area contributed by atoms with E-state index < -0.39 is 0 Å². The largest absolute Gasteiger partial charge is 0.426 e. The number of thiazole rings is 1. The van der Waals surface area contributed by atoms with Crippen molar-refractivity contribution in [2.75, 3.05) is 11.1 Å². The van der Waals surface area contributed by atoms with E-state index in [1.54, 1.807) is 6.07 Å². The zero-order valence-electron chi connectivity index (χ0n) is 17.3. The zero-order valence-corrected chi connectivity index (χ0v) is 18.9. The van der Waals surface area contributed by atoms with Gasteiger partial charge >= 0.3 is 10.8 Å². The molecule has 1 amide bonds. The van der Waals surface area contributed by atoms with Crippen molar-refractivity contribution >= 4 is 51.4 Å². The summed E-state index contributed by atoms with van der Waals surface area (Å²) < 4.78 is 7.05. The molecule has 6 rings (SSSR count). The van der Waals surface area contributed by atoms with E-state index in [0.29, 0.717) is 17.2 Å². The molecule has 6 nitrogen and oxygen atoms in total. The molecule has 33 heavy (non-hydrogen) atoms. The Morgan fingerprint density at radius 3 is 2.73 bits per heavy atom. The number of fused-ring (bicyclic) bond motifs is 6. The van der Waals surface area contributed by atoms with E-state index in [2.05, 4.69) is 5.32 Å². The van der Waals surface area contributed by atoms with Gasteiger partial charge in [-0.25, -0.2) is 0 Å². The van der Waals surface area contributed by atoms with Gasteiger partial charge in [0.1, 0.15) is 12.3 Å². The summed E-state index contributed by atoms with van der Waals surface area (Å²) in [5, 5.41) is 5.71. The van der Waals surface area contributed by atoms with Crippen LogP contribution in [0.4, 0.5) is 5.69 Å². The minimum absolute atomic E-state index is 0.0790. The zero-order chi connectivity index (χ0) is 22.5. The SMILES string of the molecule is O=C(Cn1c2c(sc1=O)C1c3ccccc3OC(=O)C1CS2)Nc1cccc2ccccc12. The Balaban J connectivity index is 1.33. The molecule has 3 aromatic carbocycles. The van der Waals surface area contributed by atoms with Gasteiger partial charge < -0.3 is 10.1 Å². The number of nitrogens with zero attached hydrogens (tertiary/aromatic N) is 1. The molecule has 2 unspecified atom stereocenters. The van der Waals surface area contributed by atoms with E-state index in [4.69, 9.17) is 4.74 Å². The predicted molar refractivity (Wildman–Crippen MR) is 129 cm³/mol. The molecule has 0 radical (unpaired) electrons. The Labute approximate surface area is 197 Å². The third-order valence-corrected chi connectivity index (χ3v) is 8.52. The normalized spacial score (nSPS) is 18.7. The highest BCUT2D eigenvalue weighted by Crippen LogP contribution is 2.50. The van der Waals surface area contributed by atoms with Crippen LogP contribution in [0.5, 0.6) is 5.75 Å². The summed E-state index contributed by atoms with van der Waals surface area (Å²) in [7, 11) is 0. The summed E-state index contributed by atoms with van der Waals surface area (Å²) in [6.45, 7) is -0.0790. The molecule has 0 saturated heterocycles. The first-order valence-corrected chi connectivity index (χ1v) is 12.3. The maximum Gasteiger partial charge on any atom is 0.316 e. The number of hydrogen-bond donors (Lipinski definition) is 1. The number of carbonyl (C=O) groups is 2. The van der Waals surface area contributed by atoms with Gasteiger partial charge in [-0.05, 0) is 17.5 Å². The third kappa shape index (κ3) is 3.37. The molecule has 0 spiro atoms. The molecule has 1 N–H and O–H groups in total. The number of amides is 1. The van der Waals surface area contributed by atoms with E-state index in [1.165, 1.54) is 16.3 Å². The topological polar surface area (TPSA) is 77.4 Å². The van der Waals surface area contributed by atoms with Crippen LogP contribution in [-0.4, -0.2) is 22.2 Å². The van der Waals surface area contributed by atoms with Crippen LogP contribution in [0.2, 0.25) is 0 Å². The number of benzene rings is 3. The molecule has 2 aliphatic heterocycles. The fourth-order valence-electron chi connectivity index (χ4n) is 4.58. The monoisotopic (exact) mass is 474 g/mol. The summed E-state index contributed by atoms with van der Waals surface area (Å²) in [6.07, 6.45) is 0. The molecular weight excluding hydrogens is 456 g/mol. The van der Waals surface area contributed by atoms with Crippen LogP contribution in [0.15, 0.2) is 76.6 Å². The Hall–Kier alpha value is -3.36. The number of carbonyl (C=O) groups excluding carboxylic acids is 2. The molecule has 8 heteroatoms. The average molecular weight is 475 g/mol. The standard InChI is InChI=1S/C25H18N2O4S2/c28-20(26-18-10-5-7-14-6-1-2-8-15(14)18)12-27-23-22(33-25(27)30)21-16-9-3-4-11-19(16)31-24(29)17(21)13-32-23/h1-11,17,21H,12-13H2,(H,26,28). The molecule has 3 heterocycles. The minimum Gasteiger partial charge on any atom is -0.426 e. The van der Waals surface area contributed by atoms with E-state index >= 15 is 0 Å². The van der Waals surface area contributed by atoms with Gasteiger partial charge in [-0.3, -0.25) is 19.0 Å². The molecular formula is C25H18N2O4S2. The first kappa shape index (κ1) is 20.3. The Morgan fingerprint density at radius 2 is 1.82 bits per heavy atom. The Bertz CT molecular complexity index is 1480. The summed E-state index contributed by atoms with van der Waals surface area (Å²) in [6, 6.07) is 21.0. The highest BCUT2D eigenvalue weighted by Gasteiger charge is 2.44. The summed E-state index contributed by atoms with van der Waals surface area (Å²) in [5.41, 5.74) is 1.63. The lowest BCUT2D eigenvalue weighted by Crippen LogP contribution is -2.36. The second-order valence-electron chi connectivity index (χ2n) is 8.05. The molecule has 0 saturated carbocycles. The van der Waals surface area contributed by atoms with Crippen molar-refractivity contribution in [2.45, 2.75) is 17.5 Å². The van der Waals surface area contributed by atoms with Gasteiger partial charge in [-0.1, -0.05) is 65.9 Å². The number of rotatable bonds is 3. The molecule has 1 aromatic heterocycles. The van der Waals surface area contributed by atoms with Crippen LogP contribution in [-0.2, 0) is 16.1 Å². The van der Waals surface area contributed by atoms with Crippen LogP contribution in [0.3, 0.4) is 0 Å². The number of aromatic nitrogens is 1. The maximum absolute atomic E-state index is 12.9. The van der Waals surface area contributed by atoms with Crippen molar-refractivity contribution in [2.24, 2.45) is 5.92 Å². The molecule has 164 valence electrons. The Morgan fingerprint density at radius 1 is 1.03 bits per heavy atom. The molecule has 0 fully saturated rings. The van der Waals surface area contributed by atoms with Crippen LogP contribution in [0.1, 0.15) is 16.4 Å². The number of ether oxygens (including phenoxy) is 1. The van der Waals surface area contributed by atoms with E-state index in [-0.39, 0.29) is 35.1 Å². The van der Waals surface area contributed by atoms with Gasteiger partial charge in [0, 0.05) is 33.2 Å². The van der Waals surface area contributed by atoms with Gasteiger partial charge in [-0.2, -0.15) is 0 Å². The van der Waals surface area contributed by atoms with Crippen molar-refractivity contribution in [1.82, 2.24) is 4.57 Å². The lowest BCUT2D eigenvalue weighted by atomic mass is 9.83. The average Bonchev–Trinajstić information content (AvgIpc) is 3.14. The van der Waals surface area contributed by atoms with Gasteiger partial charge in [0.15, 0.2) is 0 Å². The number of nitrogens with one attached hydrogen (secondary N) is 1. The number of hydrogen-bond acceptors (Lipinski definition) is 6. The third-order valence-electron chi connectivity index (χ3n) is 6.09. The molecule has 4 aromatic rings. The second kappa shape index (κ2) is 7.90. The fourth-order valence-corrected chi connectivity index (χ4v) is 7.25.